The lowest BCUT2D eigenvalue weighted by atomic mass is 10.2. The van der Waals surface area contributed by atoms with Gasteiger partial charge in [0.05, 0.1) is 32.6 Å². The van der Waals surface area contributed by atoms with Crippen molar-refractivity contribution < 1.29 is 19.2 Å². The number of thiophene rings is 1. The molecule has 10 heteroatoms. The van der Waals surface area contributed by atoms with Crippen LogP contribution in [0.2, 0.25) is 5.02 Å². The minimum Gasteiger partial charge on any atom is -0.382 e. The first-order valence-corrected chi connectivity index (χ1v) is 11.0. The molecule has 1 aliphatic heterocycles. The summed E-state index contributed by atoms with van der Waals surface area (Å²) in [5.41, 5.74) is 1.28. The van der Waals surface area contributed by atoms with Crippen LogP contribution in [0.15, 0.2) is 34.1 Å². The van der Waals surface area contributed by atoms with E-state index in [1.807, 2.05) is 0 Å². The van der Waals surface area contributed by atoms with Gasteiger partial charge in [0, 0.05) is 19.3 Å². The molecule has 1 aliphatic rings. The number of carbonyl (C=O) groups is 2. The average Bonchev–Trinajstić information content (AvgIpc) is 3.15. The van der Waals surface area contributed by atoms with Gasteiger partial charge in [0.25, 0.3) is 5.91 Å². The summed E-state index contributed by atoms with van der Waals surface area (Å²) in [6, 6.07) is 7.83. The summed E-state index contributed by atoms with van der Waals surface area (Å²) in [6.45, 7) is 1.47. The van der Waals surface area contributed by atoms with Crippen molar-refractivity contribution >= 4 is 62.1 Å². The molecule has 2 aromatic rings. The molecule has 156 valence electrons. The zero-order valence-electron chi connectivity index (χ0n) is 15.7. The molecule has 1 saturated heterocycles. The molecule has 2 heterocycles. The summed E-state index contributed by atoms with van der Waals surface area (Å²) >= 11 is 11.0. The fourth-order valence-electron chi connectivity index (χ4n) is 2.82. The van der Waals surface area contributed by atoms with E-state index in [4.69, 9.17) is 21.2 Å². The molecule has 1 aromatic heterocycles. The number of carbonyl (C=O) groups excluding carboxylic acids is 2. The van der Waals surface area contributed by atoms with Gasteiger partial charge in [-0.1, -0.05) is 11.6 Å². The molecule has 2 amide bonds. The molecule has 0 aliphatic carbocycles. The van der Waals surface area contributed by atoms with Crippen LogP contribution < -0.4 is 15.7 Å². The maximum Gasteiger partial charge on any atom is 0.262 e. The second-order valence-corrected chi connectivity index (χ2v) is 9.25. The predicted molar refractivity (Wildman–Crippen MR) is 118 cm³/mol. The van der Waals surface area contributed by atoms with Crippen LogP contribution in [0.1, 0.15) is 22.5 Å². The zero-order chi connectivity index (χ0) is 20.8. The number of hydroxylamine groups is 1. The standard InChI is InChI=1S/C19H21BrClN3O4S/c1-27-11-14(23-19(26)16-6-7-17(20)29-16)18(25)22-12-4-5-15(13(21)10-12)24-8-2-3-9-28-24/h4-7,10,14H,2-3,8-9,11H2,1H3,(H,22,25)(H,23,26)/t14-/m1/s1. The van der Waals surface area contributed by atoms with Crippen molar-refractivity contribution in [1.29, 1.82) is 0 Å². The van der Waals surface area contributed by atoms with Gasteiger partial charge in [-0.25, -0.2) is 0 Å². The lowest BCUT2D eigenvalue weighted by Crippen LogP contribution is -2.46. The molecule has 7 nitrogen and oxygen atoms in total. The van der Waals surface area contributed by atoms with E-state index in [-0.39, 0.29) is 12.5 Å². The Morgan fingerprint density at radius 1 is 1.34 bits per heavy atom. The van der Waals surface area contributed by atoms with E-state index in [0.717, 1.165) is 28.9 Å². The SMILES string of the molecule is COC[C@@H](NC(=O)c1ccc(Br)s1)C(=O)Nc1ccc(N2CCCCO2)c(Cl)c1. The van der Waals surface area contributed by atoms with Crippen LogP contribution in [0.5, 0.6) is 0 Å². The van der Waals surface area contributed by atoms with Crippen LogP contribution in [0.25, 0.3) is 0 Å². The number of anilines is 2. The third-order valence-corrected chi connectivity index (χ3v) is 6.16. The Morgan fingerprint density at radius 2 is 2.17 bits per heavy atom. The number of methoxy groups -OCH3 is 1. The molecular formula is C19H21BrClN3O4S. The summed E-state index contributed by atoms with van der Waals surface area (Å²) in [6.07, 6.45) is 2.06. The molecular weight excluding hydrogens is 482 g/mol. The van der Waals surface area contributed by atoms with Crippen LogP contribution in [-0.2, 0) is 14.4 Å². The highest BCUT2D eigenvalue weighted by atomic mass is 79.9. The summed E-state index contributed by atoms with van der Waals surface area (Å²) in [5.74, 6) is -0.734. The van der Waals surface area contributed by atoms with Crippen molar-refractivity contribution in [2.75, 3.05) is 37.2 Å². The second-order valence-electron chi connectivity index (χ2n) is 6.38. The summed E-state index contributed by atoms with van der Waals surface area (Å²) in [4.78, 5) is 31.2. The van der Waals surface area contributed by atoms with Crippen LogP contribution in [0, 0.1) is 0 Å². The monoisotopic (exact) mass is 501 g/mol. The Bertz CT molecular complexity index is 873. The highest BCUT2D eigenvalue weighted by Gasteiger charge is 2.23. The van der Waals surface area contributed by atoms with E-state index in [2.05, 4.69) is 26.6 Å². The van der Waals surface area contributed by atoms with Crippen molar-refractivity contribution in [3.63, 3.8) is 0 Å². The molecule has 1 aromatic carbocycles. The molecule has 0 saturated carbocycles. The third-order valence-electron chi connectivity index (χ3n) is 4.24. The first-order chi connectivity index (χ1) is 14.0. The van der Waals surface area contributed by atoms with E-state index in [0.29, 0.717) is 22.2 Å². The largest absolute Gasteiger partial charge is 0.382 e. The van der Waals surface area contributed by atoms with Gasteiger partial charge >= 0.3 is 0 Å². The second kappa shape index (κ2) is 10.4. The van der Waals surface area contributed by atoms with Crippen molar-refractivity contribution in [3.05, 3.63) is 44.0 Å². The van der Waals surface area contributed by atoms with Gasteiger partial charge in [-0.15, -0.1) is 11.3 Å². The van der Waals surface area contributed by atoms with E-state index < -0.39 is 11.9 Å². The van der Waals surface area contributed by atoms with Crippen molar-refractivity contribution in [3.8, 4) is 0 Å². The normalized spacial score (nSPS) is 15.1. The van der Waals surface area contributed by atoms with Gasteiger partial charge in [-0.3, -0.25) is 19.5 Å². The van der Waals surface area contributed by atoms with Gasteiger partial charge in [-0.05, 0) is 59.1 Å². The third kappa shape index (κ3) is 5.93. The van der Waals surface area contributed by atoms with Crippen LogP contribution in [0.4, 0.5) is 11.4 Å². The molecule has 3 rings (SSSR count). The quantitative estimate of drug-likeness (QED) is 0.596. The molecule has 0 bridgehead atoms. The van der Waals surface area contributed by atoms with E-state index in [1.54, 1.807) is 35.4 Å². The molecule has 0 radical (unpaired) electrons. The maximum absolute atomic E-state index is 12.7. The van der Waals surface area contributed by atoms with E-state index in [9.17, 15) is 9.59 Å². The highest BCUT2D eigenvalue weighted by Crippen LogP contribution is 2.30. The fraction of sp³-hybridized carbons (Fsp3) is 0.368. The summed E-state index contributed by atoms with van der Waals surface area (Å²) in [7, 11) is 1.47. The van der Waals surface area contributed by atoms with Crippen LogP contribution in [-0.4, -0.2) is 44.7 Å². The number of amides is 2. The number of ether oxygens (including phenoxy) is 1. The summed E-state index contributed by atoms with van der Waals surface area (Å²) < 4.78 is 5.93. The minimum atomic E-state index is -0.850. The number of benzene rings is 1. The number of nitrogens with zero attached hydrogens (tertiary/aromatic N) is 1. The Hall–Kier alpha value is -1.65. The van der Waals surface area contributed by atoms with Crippen molar-refractivity contribution in [2.45, 2.75) is 18.9 Å². The Kier molecular flexibility index (Phi) is 7.91. The Morgan fingerprint density at radius 3 is 2.79 bits per heavy atom. The van der Waals surface area contributed by atoms with Gasteiger partial charge < -0.3 is 15.4 Å². The molecule has 0 spiro atoms. The number of hydrogen-bond acceptors (Lipinski definition) is 6. The Balaban J connectivity index is 1.65. The van der Waals surface area contributed by atoms with E-state index in [1.165, 1.54) is 18.4 Å². The van der Waals surface area contributed by atoms with Crippen LogP contribution >= 0.6 is 38.9 Å². The number of hydrogen-bond donors (Lipinski definition) is 2. The molecule has 1 atom stereocenters. The fourth-order valence-corrected chi connectivity index (χ4v) is 4.38. The molecule has 1 fully saturated rings. The minimum absolute atomic E-state index is 0.0392. The van der Waals surface area contributed by atoms with Gasteiger partial charge in [0.1, 0.15) is 6.04 Å². The molecule has 0 unspecified atom stereocenters. The lowest BCUT2D eigenvalue weighted by Gasteiger charge is -2.28. The van der Waals surface area contributed by atoms with Crippen LogP contribution in [0.3, 0.4) is 0 Å². The topological polar surface area (TPSA) is 79.9 Å². The number of halogens is 2. The number of rotatable bonds is 7. The van der Waals surface area contributed by atoms with Gasteiger partial charge in [0.2, 0.25) is 5.91 Å². The van der Waals surface area contributed by atoms with E-state index >= 15 is 0 Å². The lowest BCUT2D eigenvalue weighted by molar-refractivity contribution is -0.119. The molecule has 29 heavy (non-hydrogen) atoms. The first kappa shape index (κ1) is 22.0. The van der Waals surface area contributed by atoms with Gasteiger partial charge in [0.15, 0.2) is 0 Å². The maximum atomic E-state index is 12.7. The Labute approximate surface area is 186 Å². The molecule has 2 N–H and O–H groups in total. The van der Waals surface area contributed by atoms with Crippen molar-refractivity contribution in [1.82, 2.24) is 5.32 Å². The highest BCUT2D eigenvalue weighted by molar-refractivity contribution is 9.11. The smallest absolute Gasteiger partial charge is 0.262 e. The first-order valence-electron chi connectivity index (χ1n) is 9.04. The summed E-state index contributed by atoms with van der Waals surface area (Å²) in [5, 5.41) is 7.72. The predicted octanol–water partition coefficient (Wildman–Crippen LogP) is 4.08. The number of nitrogens with one attached hydrogen (secondary N) is 2. The average molecular weight is 503 g/mol. The zero-order valence-corrected chi connectivity index (χ0v) is 18.9. The van der Waals surface area contributed by atoms with Gasteiger partial charge in [-0.2, -0.15) is 0 Å². The van der Waals surface area contributed by atoms with Crippen molar-refractivity contribution in [2.24, 2.45) is 0 Å².